The number of hydrogen-bond acceptors (Lipinski definition) is 6. The van der Waals surface area contributed by atoms with Crippen molar-refractivity contribution in [2.45, 2.75) is 31.4 Å². The molecule has 0 spiro atoms. The summed E-state index contributed by atoms with van der Waals surface area (Å²) in [5, 5.41) is 9.57. The van der Waals surface area contributed by atoms with Crippen molar-refractivity contribution in [1.82, 2.24) is 15.3 Å². The molecule has 1 atom stereocenters. The summed E-state index contributed by atoms with van der Waals surface area (Å²) in [6.07, 6.45) is 4.71. The van der Waals surface area contributed by atoms with Crippen LogP contribution in [0, 0.1) is 5.82 Å². The van der Waals surface area contributed by atoms with E-state index in [9.17, 15) is 4.39 Å². The lowest BCUT2D eigenvalue weighted by Gasteiger charge is -2.26. The van der Waals surface area contributed by atoms with E-state index in [0.717, 1.165) is 37.2 Å². The Bertz CT molecular complexity index is 714. The molecule has 2 aliphatic rings. The molecule has 4 rings (SSSR count). The Balaban J connectivity index is 1.44. The lowest BCUT2D eigenvalue weighted by atomic mass is 9.93. The van der Waals surface area contributed by atoms with Crippen molar-refractivity contribution in [3.63, 3.8) is 0 Å². The summed E-state index contributed by atoms with van der Waals surface area (Å²) in [5.74, 6) is 0.176. The van der Waals surface area contributed by atoms with E-state index in [1.54, 1.807) is 0 Å². The molecule has 1 aliphatic heterocycles. The second-order valence-corrected chi connectivity index (χ2v) is 6.47. The summed E-state index contributed by atoms with van der Waals surface area (Å²) in [6, 6.07) is 8.21. The minimum absolute atomic E-state index is 0.0665. The highest BCUT2D eigenvalue weighted by atomic mass is 19.1. The molecule has 0 amide bonds. The van der Waals surface area contributed by atoms with E-state index >= 15 is 0 Å². The molecule has 1 aromatic carbocycles. The highest BCUT2D eigenvalue weighted by molar-refractivity contribution is 5.58. The van der Waals surface area contributed by atoms with E-state index in [2.05, 4.69) is 25.9 Å². The van der Waals surface area contributed by atoms with Crippen LogP contribution in [-0.4, -0.2) is 35.7 Å². The van der Waals surface area contributed by atoms with Crippen LogP contribution in [0.1, 0.15) is 30.9 Å². The van der Waals surface area contributed by atoms with E-state index in [0.29, 0.717) is 18.6 Å². The fourth-order valence-electron chi connectivity index (χ4n) is 2.96. The lowest BCUT2D eigenvalue weighted by molar-refractivity contribution is 0.0277. The van der Waals surface area contributed by atoms with Gasteiger partial charge in [0.2, 0.25) is 5.95 Å². The Morgan fingerprint density at radius 2 is 2.04 bits per heavy atom. The summed E-state index contributed by atoms with van der Waals surface area (Å²) >= 11 is 0. The molecule has 2 aromatic rings. The van der Waals surface area contributed by atoms with Gasteiger partial charge in [-0.05, 0) is 37.0 Å². The van der Waals surface area contributed by atoms with Crippen LogP contribution in [0.4, 0.5) is 21.8 Å². The van der Waals surface area contributed by atoms with Crippen LogP contribution in [0.3, 0.4) is 0 Å². The van der Waals surface area contributed by atoms with Crippen LogP contribution in [0.5, 0.6) is 0 Å². The number of morpholine rings is 1. The number of nitrogens with one attached hydrogen (secondary N) is 3. The van der Waals surface area contributed by atoms with Crippen molar-refractivity contribution in [3.8, 4) is 0 Å². The maximum Gasteiger partial charge on any atom is 0.225 e. The maximum atomic E-state index is 14.0. The average molecular weight is 343 g/mol. The fourth-order valence-corrected chi connectivity index (χ4v) is 2.96. The predicted octanol–water partition coefficient (Wildman–Crippen LogP) is 2.98. The van der Waals surface area contributed by atoms with Crippen LogP contribution >= 0.6 is 0 Å². The quantitative estimate of drug-likeness (QED) is 0.775. The van der Waals surface area contributed by atoms with Gasteiger partial charge in [-0.25, -0.2) is 9.37 Å². The molecule has 2 heterocycles. The smallest absolute Gasteiger partial charge is 0.225 e. The minimum atomic E-state index is -0.469. The van der Waals surface area contributed by atoms with Gasteiger partial charge < -0.3 is 20.7 Å². The fraction of sp³-hybridized carbons (Fsp3) is 0.444. The zero-order valence-electron chi connectivity index (χ0n) is 14.0. The first kappa shape index (κ1) is 16.2. The number of halogens is 1. The molecule has 1 saturated heterocycles. The van der Waals surface area contributed by atoms with Crippen LogP contribution in [0.25, 0.3) is 0 Å². The standard InChI is InChI=1S/C18H22FN5O/c19-15-10-21-18(23-13-2-1-3-13)24-17(15)22-14-6-4-12(5-7-14)16-11-20-8-9-25-16/h4-7,10,13,16,20H,1-3,8-9,11H2,(H2,21,22,23,24). The van der Waals surface area contributed by atoms with Gasteiger partial charge in [0.1, 0.15) is 0 Å². The lowest BCUT2D eigenvalue weighted by Crippen LogP contribution is -2.33. The van der Waals surface area contributed by atoms with Crippen molar-refractivity contribution >= 4 is 17.5 Å². The number of ether oxygens (including phenoxy) is 1. The van der Waals surface area contributed by atoms with Crippen LogP contribution < -0.4 is 16.0 Å². The first-order valence-corrected chi connectivity index (χ1v) is 8.76. The second kappa shape index (κ2) is 7.33. The first-order valence-electron chi connectivity index (χ1n) is 8.76. The third kappa shape index (κ3) is 3.88. The van der Waals surface area contributed by atoms with E-state index in [1.165, 1.54) is 12.6 Å². The molecule has 0 radical (unpaired) electrons. The van der Waals surface area contributed by atoms with Gasteiger partial charge in [-0.15, -0.1) is 0 Å². The number of benzene rings is 1. The largest absolute Gasteiger partial charge is 0.371 e. The Hall–Kier alpha value is -2.25. The predicted molar refractivity (Wildman–Crippen MR) is 94.5 cm³/mol. The molecule has 25 heavy (non-hydrogen) atoms. The number of anilines is 3. The molecule has 0 bridgehead atoms. The van der Waals surface area contributed by atoms with Crippen LogP contribution in [0.2, 0.25) is 0 Å². The van der Waals surface area contributed by atoms with E-state index in [4.69, 9.17) is 4.74 Å². The maximum absolute atomic E-state index is 14.0. The third-order valence-corrected chi connectivity index (χ3v) is 4.66. The summed E-state index contributed by atoms with van der Waals surface area (Å²) in [6.45, 7) is 2.41. The molecular formula is C18H22FN5O. The van der Waals surface area contributed by atoms with E-state index in [-0.39, 0.29) is 11.9 Å². The van der Waals surface area contributed by atoms with Gasteiger partial charge in [0.25, 0.3) is 0 Å². The van der Waals surface area contributed by atoms with Gasteiger partial charge in [-0.1, -0.05) is 12.1 Å². The highest BCUT2D eigenvalue weighted by Gasteiger charge is 2.19. The summed E-state index contributed by atoms with van der Waals surface area (Å²) in [4.78, 5) is 8.28. The summed E-state index contributed by atoms with van der Waals surface area (Å²) in [7, 11) is 0. The zero-order chi connectivity index (χ0) is 17.1. The van der Waals surface area contributed by atoms with Gasteiger partial charge in [0.05, 0.1) is 18.9 Å². The molecule has 1 unspecified atom stereocenters. The van der Waals surface area contributed by atoms with Crippen LogP contribution in [0.15, 0.2) is 30.5 Å². The van der Waals surface area contributed by atoms with Crippen molar-refractivity contribution < 1.29 is 9.13 Å². The average Bonchev–Trinajstić information content (AvgIpc) is 2.62. The summed E-state index contributed by atoms with van der Waals surface area (Å²) < 4.78 is 19.8. The molecule has 3 N–H and O–H groups in total. The van der Waals surface area contributed by atoms with Gasteiger partial charge in [0, 0.05) is 24.8 Å². The van der Waals surface area contributed by atoms with Gasteiger partial charge in [0.15, 0.2) is 11.6 Å². The molecule has 1 aromatic heterocycles. The van der Waals surface area contributed by atoms with Crippen molar-refractivity contribution in [2.75, 3.05) is 30.3 Å². The number of hydrogen-bond donors (Lipinski definition) is 3. The molecule has 7 heteroatoms. The number of nitrogens with zero attached hydrogens (tertiary/aromatic N) is 2. The van der Waals surface area contributed by atoms with Crippen molar-refractivity contribution in [3.05, 3.63) is 41.8 Å². The van der Waals surface area contributed by atoms with Crippen LogP contribution in [-0.2, 0) is 4.74 Å². The number of rotatable bonds is 5. The molecule has 6 nitrogen and oxygen atoms in total. The van der Waals surface area contributed by atoms with Gasteiger partial charge in [-0.2, -0.15) is 4.98 Å². The molecule has 1 saturated carbocycles. The first-order chi connectivity index (χ1) is 12.3. The summed E-state index contributed by atoms with van der Waals surface area (Å²) in [5.41, 5.74) is 1.88. The third-order valence-electron chi connectivity index (χ3n) is 4.66. The second-order valence-electron chi connectivity index (χ2n) is 6.47. The Labute approximate surface area is 146 Å². The highest BCUT2D eigenvalue weighted by Crippen LogP contribution is 2.25. The molecule has 2 fully saturated rings. The molecule has 1 aliphatic carbocycles. The van der Waals surface area contributed by atoms with Gasteiger partial charge >= 0.3 is 0 Å². The molecular weight excluding hydrogens is 321 g/mol. The Morgan fingerprint density at radius 3 is 2.72 bits per heavy atom. The number of aromatic nitrogens is 2. The normalized spacial score (nSPS) is 20.8. The van der Waals surface area contributed by atoms with Crippen molar-refractivity contribution in [2.24, 2.45) is 0 Å². The van der Waals surface area contributed by atoms with Gasteiger partial charge in [-0.3, -0.25) is 0 Å². The zero-order valence-corrected chi connectivity index (χ0v) is 14.0. The van der Waals surface area contributed by atoms with E-state index < -0.39 is 5.82 Å². The molecule has 132 valence electrons. The van der Waals surface area contributed by atoms with Crippen molar-refractivity contribution in [1.29, 1.82) is 0 Å². The minimum Gasteiger partial charge on any atom is -0.371 e. The Morgan fingerprint density at radius 1 is 1.20 bits per heavy atom. The van der Waals surface area contributed by atoms with E-state index in [1.807, 2.05) is 24.3 Å². The topological polar surface area (TPSA) is 71.1 Å². The SMILES string of the molecule is Fc1cnc(NC2CCC2)nc1Nc1ccc(C2CNCCO2)cc1. The Kier molecular flexibility index (Phi) is 4.76. The monoisotopic (exact) mass is 343 g/mol.